The molecule has 0 aromatic heterocycles. The number of carbonyl (C=O) groups excluding carboxylic acids is 1. The molecular formula is C14H19N3O3. The zero-order chi connectivity index (χ0) is 14.9. The number of piperazine rings is 1. The molecule has 1 heterocycles. The monoisotopic (exact) mass is 277 g/mol. The fourth-order valence-electron chi connectivity index (χ4n) is 2.44. The molecule has 2 rings (SSSR count). The maximum Gasteiger partial charge on any atom is 0.270 e. The third kappa shape index (κ3) is 2.96. The summed E-state index contributed by atoms with van der Waals surface area (Å²) in [7, 11) is 0. The topological polar surface area (TPSA) is 75.5 Å². The molecule has 1 amide bonds. The fourth-order valence-corrected chi connectivity index (χ4v) is 2.44. The number of rotatable bonds is 2. The molecule has 0 bridgehead atoms. The highest BCUT2D eigenvalue weighted by atomic mass is 16.6. The zero-order valence-electron chi connectivity index (χ0n) is 12.0. The van der Waals surface area contributed by atoms with Crippen LogP contribution in [0.25, 0.3) is 0 Å². The van der Waals surface area contributed by atoms with Crippen LogP contribution in [0, 0.1) is 17.0 Å². The van der Waals surface area contributed by atoms with Crippen molar-refractivity contribution in [1.29, 1.82) is 0 Å². The minimum atomic E-state index is -0.474. The number of amides is 1. The SMILES string of the molecule is Cc1ccc([N+](=O)[O-])cc1C(=O)N1CCNC(C)(C)C1. The first-order valence-corrected chi connectivity index (χ1v) is 6.59. The van der Waals surface area contributed by atoms with Crippen molar-refractivity contribution in [2.75, 3.05) is 19.6 Å². The smallest absolute Gasteiger partial charge is 0.270 e. The highest BCUT2D eigenvalue weighted by molar-refractivity contribution is 5.96. The van der Waals surface area contributed by atoms with Gasteiger partial charge in [0.2, 0.25) is 0 Å². The Hall–Kier alpha value is -1.95. The molecule has 20 heavy (non-hydrogen) atoms. The summed E-state index contributed by atoms with van der Waals surface area (Å²) in [5.74, 6) is -0.138. The predicted molar refractivity (Wildman–Crippen MR) is 75.8 cm³/mol. The van der Waals surface area contributed by atoms with E-state index in [0.29, 0.717) is 18.7 Å². The summed E-state index contributed by atoms with van der Waals surface area (Å²) >= 11 is 0. The van der Waals surface area contributed by atoms with Gasteiger partial charge >= 0.3 is 0 Å². The Bertz CT molecular complexity index is 555. The minimum absolute atomic E-state index is 0.0478. The third-order valence-corrected chi connectivity index (χ3v) is 3.52. The quantitative estimate of drug-likeness (QED) is 0.660. The molecule has 1 saturated heterocycles. The Morgan fingerprint density at radius 1 is 1.45 bits per heavy atom. The maximum absolute atomic E-state index is 12.6. The van der Waals surface area contributed by atoms with E-state index in [2.05, 4.69) is 5.32 Å². The molecule has 0 aliphatic carbocycles. The summed E-state index contributed by atoms with van der Waals surface area (Å²) in [6.07, 6.45) is 0. The number of nitro groups is 1. The number of nitrogens with one attached hydrogen (secondary N) is 1. The molecule has 0 radical (unpaired) electrons. The van der Waals surface area contributed by atoms with Crippen molar-refractivity contribution < 1.29 is 9.72 Å². The van der Waals surface area contributed by atoms with Crippen LogP contribution in [-0.4, -0.2) is 40.9 Å². The van der Waals surface area contributed by atoms with Gasteiger partial charge < -0.3 is 10.2 Å². The van der Waals surface area contributed by atoms with Crippen LogP contribution in [0.2, 0.25) is 0 Å². The molecule has 1 aromatic carbocycles. The van der Waals surface area contributed by atoms with Crippen LogP contribution in [0.3, 0.4) is 0 Å². The number of carbonyl (C=O) groups is 1. The van der Waals surface area contributed by atoms with Gasteiger partial charge in [-0.15, -0.1) is 0 Å². The van der Waals surface area contributed by atoms with Crippen LogP contribution in [-0.2, 0) is 0 Å². The second-order valence-electron chi connectivity index (χ2n) is 5.79. The van der Waals surface area contributed by atoms with Crippen LogP contribution in [0.4, 0.5) is 5.69 Å². The van der Waals surface area contributed by atoms with Gasteiger partial charge in [-0.25, -0.2) is 0 Å². The summed E-state index contributed by atoms with van der Waals surface area (Å²) in [6, 6.07) is 4.42. The highest BCUT2D eigenvalue weighted by Gasteiger charge is 2.30. The number of nitrogens with zero attached hydrogens (tertiary/aromatic N) is 2. The molecule has 108 valence electrons. The van der Waals surface area contributed by atoms with Gasteiger partial charge in [-0.05, 0) is 26.3 Å². The number of nitro benzene ring substituents is 1. The Morgan fingerprint density at radius 2 is 2.15 bits per heavy atom. The second kappa shape index (κ2) is 5.20. The van der Waals surface area contributed by atoms with Crippen molar-refractivity contribution in [3.8, 4) is 0 Å². The van der Waals surface area contributed by atoms with Crippen LogP contribution >= 0.6 is 0 Å². The Kier molecular flexibility index (Phi) is 3.76. The Morgan fingerprint density at radius 3 is 2.75 bits per heavy atom. The predicted octanol–water partition coefficient (Wildman–Crippen LogP) is 1.73. The standard InChI is InChI=1S/C14H19N3O3/c1-10-4-5-11(17(19)20)8-12(10)13(18)16-7-6-15-14(2,3)9-16/h4-5,8,15H,6-7,9H2,1-3H3. The van der Waals surface area contributed by atoms with E-state index in [0.717, 1.165) is 12.1 Å². The molecule has 1 aliphatic heterocycles. The summed E-state index contributed by atoms with van der Waals surface area (Å²) in [6.45, 7) is 7.80. The second-order valence-corrected chi connectivity index (χ2v) is 5.79. The van der Waals surface area contributed by atoms with Gasteiger partial charge in [-0.1, -0.05) is 6.07 Å². The summed E-state index contributed by atoms with van der Waals surface area (Å²) in [5, 5.41) is 14.2. The van der Waals surface area contributed by atoms with Crippen molar-refractivity contribution in [2.45, 2.75) is 26.3 Å². The number of benzene rings is 1. The highest BCUT2D eigenvalue weighted by Crippen LogP contribution is 2.20. The van der Waals surface area contributed by atoms with E-state index in [1.165, 1.54) is 12.1 Å². The van der Waals surface area contributed by atoms with Crippen molar-refractivity contribution in [1.82, 2.24) is 10.2 Å². The van der Waals surface area contributed by atoms with Crippen molar-refractivity contribution in [2.24, 2.45) is 0 Å². The molecule has 6 nitrogen and oxygen atoms in total. The minimum Gasteiger partial charge on any atom is -0.336 e. The van der Waals surface area contributed by atoms with Crippen LogP contribution in [0.5, 0.6) is 0 Å². The number of aryl methyl sites for hydroxylation is 1. The van der Waals surface area contributed by atoms with E-state index < -0.39 is 4.92 Å². The van der Waals surface area contributed by atoms with E-state index in [4.69, 9.17) is 0 Å². The Balaban J connectivity index is 2.29. The van der Waals surface area contributed by atoms with E-state index in [1.54, 1.807) is 17.9 Å². The number of hydrogen-bond donors (Lipinski definition) is 1. The maximum atomic E-state index is 12.6. The van der Waals surface area contributed by atoms with E-state index >= 15 is 0 Å². The molecule has 6 heteroatoms. The van der Waals surface area contributed by atoms with Gasteiger partial charge in [0, 0.05) is 42.9 Å². The zero-order valence-corrected chi connectivity index (χ0v) is 12.0. The Labute approximate surface area is 117 Å². The van der Waals surface area contributed by atoms with Gasteiger partial charge in [0.25, 0.3) is 11.6 Å². The molecule has 0 spiro atoms. The molecule has 1 fully saturated rings. The van der Waals surface area contributed by atoms with Gasteiger partial charge in [0.1, 0.15) is 0 Å². The van der Waals surface area contributed by atoms with Crippen molar-refractivity contribution in [3.05, 3.63) is 39.4 Å². The van der Waals surface area contributed by atoms with Gasteiger partial charge in [0.15, 0.2) is 0 Å². The molecule has 1 aliphatic rings. The average Bonchev–Trinajstić information content (AvgIpc) is 2.37. The van der Waals surface area contributed by atoms with Crippen molar-refractivity contribution in [3.63, 3.8) is 0 Å². The lowest BCUT2D eigenvalue weighted by Crippen LogP contribution is -2.58. The molecule has 1 N–H and O–H groups in total. The lowest BCUT2D eigenvalue weighted by atomic mass is 10.00. The molecule has 1 aromatic rings. The first-order valence-electron chi connectivity index (χ1n) is 6.59. The van der Waals surface area contributed by atoms with E-state index in [1.807, 2.05) is 13.8 Å². The van der Waals surface area contributed by atoms with Gasteiger partial charge in [-0.2, -0.15) is 0 Å². The van der Waals surface area contributed by atoms with E-state index in [-0.39, 0.29) is 17.1 Å². The normalized spacial score (nSPS) is 17.9. The van der Waals surface area contributed by atoms with Crippen LogP contribution in [0.15, 0.2) is 18.2 Å². The first-order chi connectivity index (χ1) is 9.30. The molecular weight excluding hydrogens is 258 g/mol. The third-order valence-electron chi connectivity index (χ3n) is 3.52. The summed E-state index contributed by atoms with van der Waals surface area (Å²) < 4.78 is 0. The lowest BCUT2D eigenvalue weighted by molar-refractivity contribution is -0.384. The van der Waals surface area contributed by atoms with Gasteiger partial charge in [0.05, 0.1) is 4.92 Å². The van der Waals surface area contributed by atoms with E-state index in [9.17, 15) is 14.9 Å². The average molecular weight is 277 g/mol. The van der Waals surface area contributed by atoms with Crippen molar-refractivity contribution >= 4 is 11.6 Å². The lowest BCUT2D eigenvalue weighted by Gasteiger charge is -2.39. The largest absolute Gasteiger partial charge is 0.336 e. The molecule has 0 unspecified atom stereocenters. The fraction of sp³-hybridized carbons (Fsp3) is 0.500. The first kappa shape index (κ1) is 14.5. The summed E-state index contributed by atoms with van der Waals surface area (Å²) in [5.41, 5.74) is 0.991. The number of non-ortho nitro benzene ring substituents is 1. The number of hydrogen-bond acceptors (Lipinski definition) is 4. The van der Waals surface area contributed by atoms with Crippen LogP contribution < -0.4 is 5.32 Å². The summed E-state index contributed by atoms with van der Waals surface area (Å²) in [4.78, 5) is 24.7. The van der Waals surface area contributed by atoms with Gasteiger partial charge in [-0.3, -0.25) is 14.9 Å². The molecule has 0 atom stereocenters. The van der Waals surface area contributed by atoms with Crippen LogP contribution in [0.1, 0.15) is 29.8 Å². The molecule has 0 saturated carbocycles.